The lowest BCUT2D eigenvalue weighted by molar-refractivity contribution is -0.141. The smallest absolute Gasteiger partial charge is 0.390 e. The quantitative estimate of drug-likeness (QED) is 0.392. The monoisotopic (exact) mass is 548 g/mol. The van der Waals surface area contributed by atoms with Gasteiger partial charge in [0.05, 0.1) is 35.4 Å². The van der Waals surface area contributed by atoms with E-state index in [2.05, 4.69) is 20.5 Å². The Hall–Kier alpha value is -2.64. The first-order valence-electron chi connectivity index (χ1n) is 12.5. The molecule has 4 rings (SSSR count). The molecule has 2 fully saturated rings. The van der Waals surface area contributed by atoms with Gasteiger partial charge in [-0.3, -0.25) is 9.69 Å². The molecule has 7 nitrogen and oxygen atoms in total. The molecule has 210 valence electrons. The Balaban J connectivity index is 1.35. The van der Waals surface area contributed by atoms with E-state index in [0.29, 0.717) is 63.4 Å². The highest BCUT2D eigenvalue weighted by atomic mass is 19.4. The highest BCUT2D eigenvalue weighted by Gasteiger charge is 2.42. The lowest BCUT2D eigenvalue weighted by Crippen LogP contribution is -2.63. The summed E-state index contributed by atoms with van der Waals surface area (Å²) in [5, 5.41) is 25.8. The number of hydrogen-bond acceptors (Lipinski definition) is 6. The minimum Gasteiger partial charge on any atom is -0.390 e. The average Bonchev–Trinajstić information content (AvgIpc) is 2.83. The number of nitrogens with one attached hydrogen (secondary N) is 2. The lowest BCUT2D eigenvalue weighted by atomic mass is 9.77. The average molecular weight is 549 g/mol. The molecule has 2 aliphatic rings. The Morgan fingerprint density at radius 2 is 1.79 bits per heavy atom. The predicted octanol–water partition coefficient (Wildman–Crippen LogP) is 3.93. The molecule has 1 aliphatic carbocycles. The zero-order valence-corrected chi connectivity index (χ0v) is 20.7. The van der Waals surface area contributed by atoms with E-state index in [1.165, 1.54) is 0 Å². The largest absolute Gasteiger partial charge is 0.433 e. The predicted molar refractivity (Wildman–Crippen MR) is 127 cm³/mol. The molecule has 2 heterocycles. The van der Waals surface area contributed by atoms with Crippen molar-refractivity contribution in [3.8, 4) is 0 Å². The van der Waals surface area contributed by atoms with Crippen molar-refractivity contribution in [1.29, 1.82) is 0 Å². The Morgan fingerprint density at radius 3 is 2.37 bits per heavy atom. The van der Waals surface area contributed by atoms with Crippen LogP contribution in [0.4, 0.5) is 32.0 Å². The first-order chi connectivity index (χ1) is 17.7. The summed E-state index contributed by atoms with van der Waals surface area (Å²) in [5.74, 6) is -0.510. The zero-order chi connectivity index (χ0) is 27.9. The number of carbonyl (C=O) groups is 1. The van der Waals surface area contributed by atoms with Crippen LogP contribution in [-0.4, -0.2) is 69.4 Å². The van der Waals surface area contributed by atoms with Crippen molar-refractivity contribution in [2.45, 2.75) is 75.2 Å². The van der Waals surface area contributed by atoms with Crippen LogP contribution < -0.4 is 10.6 Å². The summed E-state index contributed by atoms with van der Waals surface area (Å²) < 4.78 is 79.4. The van der Waals surface area contributed by atoms with Crippen molar-refractivity contribution >= 4 is 22.5 Å². The molecule has 4 N–H and O–H groups in total. The van der Waals surface area contributed by atoms with Crippen LogP contribution >= 0.6 is 0 Å². The molecule has 0 spiro atoms. The van der Waals surface area contributed by atoms with E-state index in [-0.39, 0.29) is 28.7 Å². The molecule has 13 heteroatoms. The van der Waals surface area contributed by atoms with Crippen LogP contribution in [0.2, 0.25) is 0 Å². The number of aliphatic hydroxyl groups excluding tert-OH is 1. The number of halogens is 6. The lowest BCUT2D eigenvalue weighted by Gasteiger charge is -2.48. The van der Waals surface area contributed by atoms with Gasteiger partial charge < -0.3 is 20.8 Å². The fourth-order valence-corrected chi connectivity index (χ4v) is 5.23. The van der Waals surface area contributed by atoms with Gasteiger partial charge in [0, 0.05) is 30.2 Å². The number of nitrogens with zero attached hydrogens (tertiary/aromatic N) is 2. The van der Waals surface area contributed by atoms with Crippen molar-refractivity contribution < 1.29 is 41.4 Å². The molecule has 1 atom stereocenters. The van der Waals surface area contributed by atoms with Crippen LogP contribution in [0, 0.1) is 0 Å². The van der Waals surface area contributed by atoms with E-state index in [4.69, 9.17) is 0 Å². The highest BCUT2D eigenvalue weighted by molar-refractivity contribution is 5.94. The minimum absolute atomic E-state index is 0.178. The number of rotatable bonds is 7. The van der Waals surface area contributed by atoms with Crippen molar-refractivity contribution in [2.75, 3.05) is 25.0 Å². The Bertz CT molecular complexity index is 1160. The molecule has 1 aromatic carbocycles. The summed E-state index contributed by atoms with van der Waals surface area (Å²) in [6.07, 6.45) is -7.41. The molecular formula is C25H30F6N4O3. The third-order valence-electron chi connectivity index (χ3n) is 7.49. The van der Waals surface area contributed by atoms with E-state index in [9.17, 15) is 41.4 Å². The highest BCUT2D eigenvalue weighted by Crippen LogP contribution is 2.37. The van der Waals surface area contributed by atoms with Crippen molar-refractivity contribution in [3.05, 3.63) is 35.5 Å². The van der Waals surface area contributed by atoms with Crippen LogP contribution in [0.1, 0.15) is 50.3 Å². The number of aliphatic hydroxyl groups is 2. The van der Waals surface area contributed by atoms with Gasteiger partial charge in [0.1, 0.15) is 5.69 Å². The maximum Gasteiger partial charge on any atom is 0.433 e. The van der Waals surface area contributed by atoms with E-state index < -0.39 is 47.8 Å². The second-order valence-electron chi connectivity index (χ2n) is 10.1. The standard InChI is InChI=1S/C25H30F6N4O3/c1-2-21(36)23(38)7-5-16(6-8-23)35-12-15(13-35)33-22(37)11-32-19-10-20(25(29,30)31)34-18-4-3-14(9-17(18)19)24(26,27)28/h3-4,9-10,15-16,21,36,38H,2,5-8,11-13H2,1H3,(H,32,34)(H,33,37)/t16-,21?,23-. The number of aromatic nitrogens is 1. The van der Waals surface area contributed by atoms with Gasteiger partial charge in [-0.2, -0.15) is 26.3 Å². The van der Waals surface area contributed by atoms with Crippen LogP contribution in [0.3, 0.4) is 0 Å². The first-order valence-corrected chi connectivity index (χ1v) is 12.5. The third-order valence-corrected chi connectivity index (χ3v) is 7.49. The number of benzene rings is 1. The molecule has 2 aromatic rings. The van der Waals surface area contributed by atoms with Gasteiger partial charge in [-0.15, -0.1) is 0 Å². The SMILES string of the molecule is CCC(O)[C@]1(O)CC[C@H](N2CC(NC(=O)CNc3cc(C(F)(F)F)nc4ccc(C(F)(F)F)cc34)C2)CC1. The maximum atomic E-state index is 13.3. The van der Waals surface area contributed by atoms with E-state index in [0.717, 1.165) is 6.07 Å². The van der Waals surface area contributed by atoms with Gasteiger partial charge in [0.15, 0.2) is 0 Å². The fraction of sp³-hybridized carbons (Fsp3) is 0.600. The summed E-state index contributed by atoms with van der Waals surface area (Å²) in [6.45, 7) is 2.51. The number of anilines is 1. The number of alkyl halides is 6. The van der Waals surface area contributed by atoms with E-state index in [1.54, 1.807) is 0 Å². The van der Waals surface area contributed by atoms with Crippen molar-refractivity contribution in [2.24, 2.45) is 0 Å². The number of amides is 1. The van der Waals surface area contributed by atoms with Crippen molar-refractivity contribution in [3.63, 3.8) is 0 Å². The number of fused-ring (bicyclic) bond motifs is 1. The molecule has 1 amide bonds. The fourth-order valence-electron chi connectivity index (χ4n) is 5.23. The van der Waals surface area contributed by atoms with Gasteiger partial charge in [-0.1, -0.05) is 6.92 Å². The molecule has 1 unspecified atom stereocenters. The summed E-state index contributed by atoms with van der Waals surface area (Å²) in [4.78, 5) is 18.1. The third kappa shape index (κ3) is 6.15. The topological polar surface area (TPSA) is 97.7 Å². The van der Waals surface area contributed by atoms with Gasteiger partial charge in [-0.25, -0.2) is 4.98 Å². The van der Waals surface area contributed by atoms with Crippen LogP contribution in [0.5, 0.6) is 0 Å². The molecular weight excluding hydrogens is 518 g/mol. The number of likely N-dealkylation sites (tertiary alicyclic amines) is 1. The van der Waals surface area contributed by atoms with Crippen LogP contribution in [0.15, 0.2) is 24.3 Å². The molecule has 0 radical (unpaired) electrons. The van der Waals surface area contributed by atoms with Gasteiger partial charge in [0.2, 0.25) is 5.91 Å². The maximum absolute atomic E-state index is 13.3. The summed E-state index contributed by atoms with van der Waals surface area (Å²) >= 11 is 0. The van der Waals surface area contributed by atoms with Gasteiger partial charge in [-0.05, 0) is 56.4 Å². The Morgan fingerprint density at radius 1 is 1.13 bits per heavy atom. The molecule has 0 bridgehead atoms. The number of carbonyl (C=O) groups excluding carboxylic acids is 1. The number of pyridine rings is 1. The van der Waals surface area contributed by atoms with Gasteiger partial charge >= 0.3 is 12.4 Å². The molecule has 1 aromatic heterocycles. The van der Waals surface area contributed by atoms with Crippen LogP contribution in [-0.2, 0) is 17.1 Å². The second kappa shape index (κ2) is 10.5. The Labute approximate surface area is 215 Å². The van der Waals surface area contributed by atoms with Crippen molar-refractivity contribution in [1.82, 2.24) is 15.2 Å². The molecule has 38 heavy (non-hydrogen) atoms. The molecule has 1 saturated carbocycles. The molecule has 1 saturated heterocycles. The normalized spacial score (nSPS) is 24.2. The summed E-state index contributed by atoms with van der Waals surface area (Å²) in [5.41, 5.74) is -3.95. The van der Waals surface area contributed by atoms with E-state index >= 15 is 0 Å². The second-order valence-corrected chi connectivity index (χ2v) is 10.1. The first kappa shape index (κ1) is 28.4. The molecule has 1 aliphatic heterocycles. The Kier molecular flexibility index (Phi) is 7.84. The minimum atomic E-state index is -4.82. The summed E-state index contributed by atoms with van der Waals surface area (Å²) in [7, 11) is 0. The zero-order valence-electron chi connectivity index (χ0n) is 20.7. The number of hydrogen-bond donors (Lipinski definition) is 4. The van der Waals surface area contributed by atoms with Gasteiger partial charge in [0.25, 0.3) is 0 Å². The summed E-state index contributed by atoms with van der Waals surface area (Å²) in [6, 6.07) is 2.88. The van der Waals surface area contributed by atoms with E-state index in [1.807, 2.05) is 6.92 Å². The van der Waals surface area contributed by atoms with Crippen LogP contribution in [0.25, 0.3) is 10.9 Å².